The van der Waals surface area contributed by atoms with E-state index in [4.69, 9.17) is 4.89 Å². The standard InChI is InChI=1S/C9H12O3/c1-10-8-12-11-7-9-5-3-2-4-6-9/h2-6H,7-8H2,1H3. The first-order valence-corrected chi connectivity index (χ1v) is 3.71. The molecule has 0 radical (unpaired) electrons. The molecular formula is C9H12O3. The van der Waals surface area contributed by atoms with Gasteiger partial charge in [-0.3, -0.25) is 0 Å². The van der Waals surface area contributed by atoms with E-state index in [2.05, 4.69) is 9.62 Å². The van der Waals surface area contributed by atoms with Gasteiger partial charge in [-0.25, -0.2) is 9.78 Å². The highest BCUT2D eigenvalue weighted by atomic mass is 17.2. The summed E-state index contributed by atoms with van der Waals surface area (Å²) in [4.78, 5) is 9.50. The van der Waals surface area contributed by atoms with E-state index in [1.165, 1.54) is 0 Å². The molecule has 0 atom stereocenters. The number of hydrogen-bond donors (Lipinski definition) is 0. The lowest BCUT2D eigenvalue weighted by atomic mass is 10.2. The molecule has 66 valence electrons. The fourth-order valence-corrected chi connectivity index (χ4v) is 0.766. The van der Waals surface area contributed by atoms with Gasteiger partial charge in [-0.2, -0.15) is 0 Å². The van der Waals surface area contributed by atoms with Crippen LogP contribution >= 0.6 is 0 Å². The quantitative estimate of drug-likeness (QED) is 0.290. The van der Waals surface area contributed by atoms with Gasteiger partial charge in [0.1, 0.15) is 6.61 Å². The molecule has 0 aliphatic heterocycles. The van der Waals surface area contributed by atoms with Gasteiger partial charge in [0.25, 0.3) is 0 Å². The molecule has 1 rings (SSSR count). The lowest BCUT2D eigenvalue weighted by Crippen LogP contribution is -1.98. The maximum absolute atomic E-state index is 4.84. The molecular weight excluding hydrogens is 156 g/mol. The van der Waals surface area contributed by atoms with Gasteiger partial charge in [-0.05, 0) is 5.56 Å². The molecule has 0 amide bonds. The molecule has 0 bridgehead atoms. The van der Waals surface area contributed by atoms with Crippen LogP contribution in [0.25, 0.3) is 0 Å². The van der Waals surface area contributed by atoms with Crippen molar-refractivity contribution in [3.8, 4) is 0 Å². The number of ether oxygens (including phenoxy) is 1. The van der Waals surface area contributed by atoms with Gasteiger partial charge in [0.2, 0.25) is 0 Å². The molecule has 3 heteroatoms. The van der Waals surface area contributed by atoms with Crippen molar-refractivity contribution in [3.05, 3.63) is 35.9 Å². The van der Waals surface area contributed by atoms with E-state index >= 15 is 0 Å². The second kappa shape index (κ2) is 5.71. The minimum Gasteiger partial charge on any atom is -0.355 e. The van der Waals surface area contributed by atoms with Crippen molar-refractivity contribution in [2.75, 3.05) is 13.9 Å². The van der Waals surface area contributed by atoms with E-state index < -0.39 is 0 Å². The normalized spacial score (nSPS) is 10.1. The van der Waals surface area contributed by atoms with Crippen molar-refractivity contribution in [2.45, 2.75) is 6.61 Å². The van der Waals surface area contributed by atoms with E-state index in [1.54, 1.807) is 7.11 Å². The van der Waals surface area contributed by atoms with Crippen LogP contribution in [0.2, 0.25) is 0 Å². The smallest absolute Gasteiger partial charge is 0.180 e. The zero-order valence-electron chi connectivity index (χ0n) is 7.03. The fourth-order valence-electron chi connectivity index (χ4n) is 0.766. The Kier molecular flexibility index (Phi) is 4.37. The molecule has 0 aliphatic carbocycles. The summed E-state index contributed by atoms with van der Waals surface area (Å²) in [7, 11) is 1.55. The minimum absolute atomic E-state index is 0.160. The van der Waals surface area contributed by atoms with E-state index in [0.29, 0.717) is 6.61 Å². The number of benzene rings is 1. The highest BCUT2D eigenvalue weighted by molar-refractivity contribution is 5.13. The van der Waals surface area contributed by atoms with Crippen molar-refractivity contribution in [1.29, 1.82) is 0 Å². The van der Waals surface area contributed by atoms with Crippen LogP contribution in [0.1, 0.15) is 5.56 Å². The van der Waals surface area contributed by atoms with Crippen LogP contribution < -0.4 is 0 Å². The predicted molar refractivity (Wildman–Crippen MR) is 44.2 cm³/mol. The van der Waals surface area contributed by atoms with E-state index in [0.717, 1.165) is 5.56 Å². The lowest BCUT2D eigenvalue weighted by molar-refractivity contribution is -0.340. The van der Waals surface area contributed by atoms with Crippen LogP contribution in [-0.4, -0.2) is 13.9 Å². The number of rotatable bonds is 5. The Labute approximate surface area is 71.8 Å². The second-order valence-electron chi connectivity index (χ2n) is 2.27. The van der Waals surface area contributed by atoms with Crippen LogP contribution in [0.5, 0.6) is 0 Å². The summed E-state index contributed by atoms with van der Waals surface area (Å²) in [5, 5.41) is 0. The molecule has 1 aromatic rings. The van der Waals surface area contributed by atoms with Crippen molar-refractivity contribution >= 4 is 0 Å². The zero-order valence-corrected chi connectivity index (χ0v) is 7.03. The monoisotopic (exact) mass is 168 g/mol. The van der Waals surface area contributed by atoms with Gasteiger partial charge in [-0.1, -0.05) is 30.3 Å². The average molecular weight is 168 g/mol. The summed E-state index contributed by atoms with van der Waals surface area (Å²) in [5.41, 5.74) is 1.08. The largest absolute Gasteiger partial charge is 0.355 e. The van der Waals surface area contributed by atoms with E-state index in [-0.39, 0.29) is 6.79 Å². The summed E-state index contributed by atoms with van der Waals surface area (Å²) in [6, 6.07) is 9.80. The van der Waals surface area contributed by atoms with Gasteiger partial charge in [0, 0.05) is 7.11 Å². The van der Waals surface area contributed by atoms with Crippen molar-refractivity contribution in [3.63, 3.8) is 0 Å². The van der Waals surface area contributed by atoms with Crippen LogP contribution in [0.3, 0.4) is 0 Å². The van der Waals surface area contributed by atoms with Crippen LogP contribution in [0.4, 0.5) is 0 Å². The number of methoxy groups -OCH3 is 1. The molecule has 0 N–H and O–H groups in total. The topological polar surface area (TPSA) is 27.7 Å². The molecule has 0 saturated heterocycles. The summed E-state index contributed by atoms with van der Waals surface area (Å²) in [6.45, 7) is 0.608. The van der Waals surface area contributed by atoms with Crippen molar-refractivity contribution in [2.24, 2.45) is 0 Å². The Morgan fingerprint density at radius 3 is 2.50 bits per heavy atom. The highest BCUT2D eigenvalue weighted by Crippen LogP contribution is 2.00. The third-order valence-corrected chi connectivity index (χ3v) is 1.32. The average Bonchev–Trinajstić information content (AvgIpc) is 2.14. The predicted octanol–water partition coefficient (Wildman–Crippen LogP) is 1.74. The summed E-state index contributed by atoms with van der Waals surface area (Å²) in [6.07, 6.45) is 0. The maximum atomic E-state index is 4.84. The third kappa shape index (κ3) is 3.48. The van der Waals surface area contributed by atoms with Gasteiger partial charge in [0.15, 0.2) is 6.79 Å². The SMILES string of the molecule is COCOOCc1ccccc1. The Morgan fingerprint density at radius 1 is 1.08 bits per heavy atom. The molecule has 0 saturated carbocycles. The number of hydrogen-bond acceptors (Lipinski definition) is 3. The Balaban J connectivity index is 2.16. The molecule has 0 aliphatic rings. The van der Waals surface area contributed by atoms with Gasteiger partial charge >= 0.3 is 0 Å². The summed E-state index contributed by atoms with van der Waals surface area (Å²) in [5.74, 6) is 0. The van der Waals surface area contributed by atoms with Gasteiger partial charge in [-0.15, -0.1) is 0 Å². The molecule has 0 unspecified atom stereocenters. The molecule has 12 heavy (non-hydrogen) atoms. The van der Waals surface area contributed by atoms with Crippen molar-refractivity contribution in [1.82, 2.24) is 0 Å². The lowest BCUT2D eigenvalue weighted by Gasteiger charge is -2.01. The van der Waals surface area contributed by atoms with Crippen LogP contribution in [0.15, 0.2) is 30.3 Å². The molecule has 0 fully saturated rings. The first-order chi connectivity index (χ1) is 5.93. The molecule has 3 nitrogen and oxygen atoms in total. The zero-order chi connectivity index (χ0) is 8.65. The van der Waals surface area contributed by atoms with E-state index in [9.17, 15) is 0 Å². The molecule has 0 spiro atoms. The van der Waals surface area contributed by atoms with Gasteiger partial charge < -0.3 is 4.74 Å². The first kappa shape index (κ1) is 9.19. The summed E-state index contributed by atoms with van der Waals surface area (Å²) < 4.78 is 4.63. The Bertz CT molecular complexity index is 198. The Morgan fingerprint density at radius 2 is 1.83 bits per heavy atom. The highest BCUT2D eigenvalue weighted by Gasteiger charge is 1.90. The van der Waals surface area contributed by atoms with E-state index in [1.807, 2.05) is 30.3 Å². The Hall–Kier alpha value is -0.900. The van der Waals surface area contributed by atoms with Crippen LogP contribution in [0, 0.1) is 0 Å². The minimum atomic E-state index is 0.160. The molecule has 0 aromatic heterocycles. The van der Waals surface area contributed by atoms with Crippen molar-refractivity contribution < 1.29 is 14.5 Å². The van der Waals surface area contributed by atoms with Crippen LogP contribution in [-0.2, 0) is 21.1 Å². The molecule has 0 heterocycles. The third-order valence-electron chi connectivity index (χ3n) is 1.32. The first-order valence-electron chi connectivity index (χ1n) is 3.71. The summed E-state index contributed by atoms with van der Waals surface area (Å²) >= 11 is 0. The second-order valence-corrected chi connectivity index (χ2v) is 2.27. The molecule has 1 aromatic carbocycles. The fraction of sp³-hybridized carbons (Fsp3) is 0.333. The van der Waals surface area contributed by atoms with Gasteiger partial charge in [0.05, 0.1) is 0 Å². The maximum Gasteiger partial charge on any atom is 0.180 e.